The zero-order valence-electron chi connectivity index (χ0n) is 16.4. The first-order valence-corrected chi connectivity index (χ1v) is 9.88. The van der Waals surface area contributed by atoms with E-state index in [1.165, 1.54) is 0 Å². The topological polar surface area (TPSA) is 81.2 Å². The predicted octanol–water partition coefficient (Wildman–Crippen LogP) is 3.14. The van der Waals surface area contributed by atoms with E-state index in [0.717, 1.165) is 30.7 Å². The average molecular weight is 395 g/mol. The van der Waals surface area contributed by atoms with Gasteiger partial charge in [-0.15, -0.1) is 0 Å². The van der Waals surface area contributed by atoms with Crippen molar-refractivity contribution in [3.05, 3.63) is 53.6 Å². The molecule has 0 saturated carbocycles. The van der Waals surface area contributed by atoms with Crippen LogP contribution in [-0.4, -0.2) is 44.3 Å². The SMILES string of the molecule is Cc1cccc(C(=O)NC(=NC[C@@H]2CCCO2)Nc2ccc3c(c2)OCCO3)c1. The van der Waals surface area contributed by atoms with Gasteiger partial charge in [-0.05, 0) is 44.0 Å². The number of aliphatic imine (C=N–C) groups is 1. The lowest BCUT2D eigenvalue weighted by molar-refractivity contribution is 0.0975. The Hall–Kier alpha value is -3.06. The first-order valence-electron chi connectivity index (χ1n) is 9.88. The summed E-state index contributed by atoms with van der Waals surface area (Å²) in [7, 11) is 0. The summed E-state index contributed by atoms with van der Waals surface area (Å²) >= 11 is 0. The maximum atomic E-state index is 12.7. The van der Waals surface area contributed by atoms with Gasteiger partial charge in [-0.3, -0.25) is 10.1 Å². The van der Waals surface area contributed by atoms with Gasteiger partial charge < -0.3 is 19.5 Å². The Labute approximate surface area is 170 Å². The maximum Gasteiger partial charge on any atom is 0.257 e. The molecule has 0 aliphatic carbocycles. The Morgan fingerprint density at radius 2 is 1.97 bits per heavy atom. The summed E-state index contributed by atoms with van der Waals surface area (Å²) < 4.78 is 16.9. The number of rotatable bonds is 4. The minimum absolute atomic E-state index is 0.0861. The van der Waals surface area contributed by atoms with Gasteiger partial charge in [0.15, 0.2) is 11.5 Å². The lowest BCUT2D eigenvalue weighted by Crippen LogP contribution is -2.36. The van der Waals surface area contributed by atoms with Crippen LogP contribution in [-0.2, 0) is 4.74 Å². The van der Waals surface area contributed by atoms with E-state index >= 15 is 0 Å². The van der Waals surface area contributed by atoms with E-state index in [1.807, 2.05) is 43.3 Å². The zero-order valence-corrected chi connectivity index (χ0v) is 16.4. The number of benzene rings is 2. The monoisotopic (exact) mass is 395 g/mol. The number of anilines is 1. The second kappa shape index (κ2) is 8.96. The van der Waals surface area contributed by atoms with Crippen LogP contribution in [0, 0.1) is 6.92 Å². The summed E-state index contributed by atoms with van der Waals surface area (Å²) in [5.41, 5.74) is 2.36. The van der Waals surface area contributed by atoms with Crippen LogP contribution in [0.5, 0.6) is 11.5 Å². The first-order chi connectivity index (χ1) is 14.2. The second-order valence-corrected chi connectivity index (χ2v) is 7.13. The standard InChI is InChI=1S/C22H25N3O4/c1-15-4-2-5-16(12-15)21(26)25-22(23-14-18-6-3-9-27-18)24-17-7-8-19-20(13-17)29-11-10-28-19/h2,4-5,7-8,12-13,18H,3,6,9-11,14H2,1H3,(H2,23,24,25,26)/t18-/m0/s1. The lowest BCUT2D eigenvalue weighted by atomic mass is 10.1. The van der Waals surface area contributed by atoms with E-state index in [1.54, 1.807) is 6.07 Å². The fraction of sp³-hybridized carbons (Fsp3) is 0.364. The van der Waals surface area contributed by atoms with Gasteiger partial charge in [-0.2, -0.15) is 0 Å². The smallest absolute Gasteiger partial charge is 0.257 e. The molecule has 2 N–H and O–H groups in total. The van der Waals surface area contributed by atoms with Crippen LogP contribution in [0.2, 0.25) is 0 Å². The fourth-order valence-electron chi connectivity index (χ4n) is 3.32. The van der Waals surface area contributed by atoms with Crippen molar-refractivity contribution < 1.29 is 19.0 Å². The highest BCUT2D eigenvalue weighted by Gasteiger charge is 2.17. The molecule has 1 fully saturated rings. The fourth-order valence-corrected chi connectivity index (χ4v) is 3.32. The van der Waals surface area contributed by atoms with Gasteiger partial charge in [-0.25, -0.2) is 4.99 Å². The van der Waals surface area contributed by atoms with Gasteiger partial charge in [0.05, 0.1) is 12.6 Å². The molecule has 29 heavy (non-hydrogen) atoms. The van der Waals surface area contributed by atoms with Gasteiger partial charge in [0.2, 0.25) is 5.96 Å². The Morgan fingerprint density at radius 3 is 2.76 bits per heavy atom. The molecular weight excluding hydrogens is 370 g/mol. The second-order valence-electron chi connectivity index (χ2n) is 7.13. The average Bonchev–Trinajstić information content (AvgIpc) is 3.25. The molecule has 1 amide bonds. The molecule has 2 aromatic rings. The van der Waals surface area contributed by atoms with E-state index < -0.39 is 0 Å². The number of ether oxygens (including phenoxy) is 3. The van der Waals surface area contributed by atoms with Crippen molar-refractivity contribution in [3.63, 3.8) is 0 Å². The molecule has 0 bridgehead atoms. The normalized spacial score (nSPS) is 18.4. The predicted molar refractivity (Wildman–Crippen MR) is 111 cm³/mol. The number of nitrogens with zero attached hydrogens (tertiary/aromatic N) is 1. The molecule has 2 aromatic carbocycles. The van der Waals surface area contributed by atoms with Crippen LogP contribution < -0.4 is 20.1 Å². The number of carbonyl (C=O) groups is 1. The molecule has 2 heterocycles. The summed E-state index contributed by atoms with van der Waals surface area (Å²) in [4.78, 5) is 17.3. The Morgan fingerprint density at radius 1 is 1.10 bits per heavy atom. The molecule has 152 valence electrons. The summed E-state index contributed by atoms with van der Waals surface area (Å²) in [5, 5.41) is 6.08. The number of hydrogen-bond acceptors (Lipinski definition) is 5. The third kappa shape index (κ3) is 5.06. The Bertz CT molecular complexity index is 907. The van der Waals surface area contributed by atoms with Gasteiger partial charge in [0.25, 0.3) is 5.91 Å². The van der Waals surface area contributed by atoms with E-state index in [4.69, 9.17) is 14.2 Å². The minimum Gasteiger partial charge on any atom is -0.486 e. The third-order valence-electron chi connectivity index (χ3n) is 4.79. The number of guanidine groups is 1. The van der Waals surface area contributed by atoms with Crippen molar-refractivity contribution >= 4 is 17.6 Å². The Balaban J connectivity index is 1.51. The summed E-state index contributed by atoms with van der Waals surface area (Å²) in [6, 6.07) is 13.0. The largest absolute Gasteiger partial charge is 0.486 e. The molecule has 0 radical (unpaired) electrons. The number of nitrogens with one attached hydrogen (secondary N) is 2. The van der Waals surface area contributed by atoms with Crippen LogP contribution in [0.4, 0.5) is 5.69 Å². The molecule has 2 aliphatic heterocycles. The van der Waals surface area contributed by atoms with E-state index in [9.17, 15) is 4.79 Å². The van der Waals surface area contributed by atoms with Crippen LogP contribution >= 0.6 is 0 Å². The first kappa shape index (κ1) is 19.3. The minimum atomic E-state index is -0.218. The van der Waals surface area contributed by atoms with E-state index in [0.29, 0.717) is 42.8 Å². The molecule has 0 spiro atoms. The highest BCUT2D eigenvalue weighted by atomic mass is 16.6. The molecular formula is C22H25N3O4. The molecule has 7 nitrogen and oxygen atoms in total. The third-order valence-corrected chi connectivity index (χ3v) is 4.79. The van der Waals surface area contributed by atoms with Gasteiger partial charge in [0.1, 0.15) is 13.2 Å². The van der Waals surface area contributed by atoms with Crippen molar-refractivity contribution in [2.45, 2.75) is 25.9 Å². The quantitative estimate of drug-likeness (QED) is 0.614. The molecule has 0 aromatic heterocycles. The number of hydrogen-bond donors (Lipinski definition) is 2. The summed E-state index contributed by atoms with van der Waals surface area (Å²) in [6.45, 7) is 4.26. The summed E-state index contributed by atoms with van der Waals surface area (Å²) in [5.74, 6) is 1.54. The number of fused-ring (bicyclic) bond motifs is 1. The van der Waals surface area contributed by atoms with Crippen LogP contribution in [0.15, 0.2) is 47.5 Å². The number of amides is 1. The Kier molecular flexibility index (Phi) is 5.95. The number of carbonyl (C=O) groups excluding carboxylic acids is 1. The van der Waals surface area contributed by atoms with Crippen LogP contribution in [0.25, 0.3) is 0 Å². The van der Waals surface area contributed by atoms with Crippen molar-refractivity contribution in [3.8, 4) is 11.5 Å². The zero-order chi connectivity index (χ0) is 20.1. The van der Waals surface area contributed by atoms with Gasteiger partial charge in [0, 0.05) is 23.9 Å². The highest BCUT2D eigenvalue weighted by Crippen LogP contribution is 2.32. The van der Waals surface area contributed by atoms with E-state index in [-0.39, 0.29) is 12.0 Å². The molecule has 1 atom stereocenters. The lowest BCUT2D eigenvalue weighted by Gasteiger charge is -2.19. The van der Waals surface area contributed by atoms with Crippen LogP contribution in [0.3, 0.4) is 0 Å². The number of aryl methyl sites for hydroxylation is 1. The van der Waals surface area contributed by atoms with Gasteiger partial charge in [-0.1, -0.05) is 17.7 Å². The van der Waals surface area contributed by atoms with Crippen molar-refractivity contribution in [2.75, 3.05) is 31.7 Å². The van der Waals surface area contributed by atoms with Crippen molar-refractivity contribution in [2.24, 2.45) is 4.99 Å². The molecule has 2 aliphatic rings. The van der Waals surface area contributed by atoms with Crippen molar-refractivity contribution in [1.82, 2.24) is 5.32 Å². The maximum absolute atomic E-state index is 12.7. The molecule has 7 heteroatoms. The van der Waals surface area contributed by atoms with Crippen LogP contribution in [0.1, 0.15) is 28.8 Å². The molecule has 0 unspecified atom stereocenters. The van der Waals surface area contributed by atoms with Gasteiger partial charge >= 0.3 is 0 Å². The van der Waals surface area contributed by atoms with Crippen molar-refractivity contribution in [1.29, 1.82) is 0 Å². The molecule has 1 saturated heterocycles. The summed E-state index contributed by atoms with van der Waals surface area (Å²) in [6.07, 6.45) is 2.11. The molecule has 4 rings (SSSR count). The van der Waals surface area contributed by atoms with E-state index in [2.05, 4.69) is 15.6 Å². The highest BCUT2D eigenvalue weighted by molar-refractivity contribution is 6.10.